The highest BCUT2D eigenvalue weighted by atomic mass is 79.9. The molecule has 216 valence electrons. The third kappa shape index (κ3) is 5.76. The van der Waals surface area contributed by atoms with E-state index < -0.39 is 5.91 Å². The number of halogens is 1. The van der Waals surface area contributed by atoms with Gasteiger partial charge in [-0.1, -0.05) is 0 Å². The van der Waals surface area contributed by atoms with Gasteiger partial charge in [0.25, 0.3) is 5.91 Å². The van der Waals surface area contributed by atoms with Crippen LogP contribution in [0.2, 0.25) is 0 Å². The molecule has 4 rings (SSSR count). The minimum absolute atomic E-state index is 0.278. The Labute approximate surface area is 246 Å². The maximum Gasteiger partial charge on any atom is 0.257 e. The van der Waals surface area contributed by atoms with Crippen LogP contribution in [0.1, 0.15) is 21.6 Å². The summed E-state index contributed by atoms with van der Waals surface area (Å²) in [6, 6.07) is 10.8. The largest absolute Gasteiger partial charge is 0.493 e. The summed E-state index contributed by atoms with van der Waals surface area (Å²) >= 11 is 3.49. The van der Waals surface area contributed by atoms with Crippen molar-refractivity contribution in [3.05, 3.63) is 63.9 Å². The summed E-state index contributed by atoms with van der Waals surface area (Å²) in [5.41, 5.74) is 2.29. The number of aromatic nitrogens is 1. The molecule has 0 unspecified atom stereocenters. The molecule has 1 aromatic heterocycles. The summed E-state index contributed by atoms with van der Waals surface area (Å²) < 4.78 is 38.9. The molecule has 1 amide bonds. The predicted molar refractivity (Wildman–Crippen MR) is 159 cm³/mol. The van der Waals surface area contributed by atoms with E-state index in [0.29, 0.717) is 56.8 Å². The van der Waals surface area contributed by atoms with Gasteiger partial charge in [-0.25, -0.2) is 0 Å². The lowest BCUT2D eigenvalue weighted by Gasteiger charge is -2.19. The average Bonchev–Trinajstić information content (AvgIpc) is 3.00. The van der Waals surface area contributed by atoms with Gasteiger partial charge in [-0.05, 0) is 57.2 Å². The molecule has 0 fully saturated rings. The zero-order valence-electron chi connectivity index (χ0n) is 23.8. The second-order valence-corrected chi connectivity index (χ2v) is 9.48. The van der Waals surface area contributed by atoms with Gasteiger partial charge in [0.2, 0.25) is 5.75 Å². The fraction of sp³-hybridized carbons (Fsp3) is 0.267. The van der Waals surface area contributed by atoms with E-state index in [1.165, 1.54) is 28.4 Å². The molecule has 0 saturated carbocycles. The number of carbonyl (C=O) groups excluding carboxylic acids is 1. The Balaban J connectivity index is 1.82. The van der Waals surface area contributed by atoms with E-state index in [0.717, 1.165) is 22.0 Å². The number of fused-ring (bicyclic) bond motifs is 1. The third-order valence-corrected chi connectivity index (χ3v) is 7.37. The normalized spacial score (nSPS) is 10.6. The monoisotopic (exact) mass is 626 g/mol. The van der Waals surface area contributed by atoms with Crippen molar-refractivity contribution >= 4 is 38.3 Å². The number of hydrogen-bond acceptors (Lipinski definition) is 9. The van der Waals surface area contributed by atoms with Crippen LogP contribution in [0.3, 0.4) is 0 Å². The van der Waals surface area contributed by atoms with Gasteiger partial charge in [0.1, 0.15) is 0 Å². The van der Waals surface area contributed by atoms with Gasteiger partial charge in [0, 0.05) is 29.8 Å². The van der Waals surface area contributed by atoms with Crippen LogP contribution in [0, 0.1) is 0 Å². The van der Waals surface area contributed by atoms with Crippen LogP contribution in [0.4, 0.5) is 5.69 Å². The van der Waals surface area contributed by atoms with Crippen molar-refractivity contribution in [3.63, 3.8) is 0 Å². The van der Waals surface area contributed by atoms with Crippen molar-refractivity contribution in [3.8, 4) is 40.2 Å². The molecule has 0 saturated heterocycles. The lowest BCUT2D eigenvalue weighted by atomic mass is 10.0. The summed E-state index contributed by atoms with van der Waals surface area (Å²) in [7, 11) is 10.7. The zero-order valence-corrected chi connectivity index (χ0v) is 25.4. The molecule has 41 heavy (non-hydrogen) atoms. The van der Waals surface area contributed by atoms with E-state index in [1.807, 2.05) is 24.3 Å². The first-order valence-electron chi connectivity index (χ1n) is 12.4. The van der Waals surface area contributed by atoms with E-state index in [1.54, 1.807) is 39.7 Å². The maximum atomic E-state index is 13.7. The highest BCUT2D eigenvalue weighted by Gasteiger charge is 2.24. The van der Waals surface area contributed by atoms with Crippen molar-refractivity contribution in [2.24, 2.45) is 0 Å². The number of anilines is 1. The van der Waals surface area contributed by atoms with Crippen LogP contribution in [0.15, 0.2) is 47.1 Å². The number of pyridine rings is 1. The molecule has 1 heterocycles. The smallest absolute Gasteiger partial charge is 0.257 e. The highest BCUT2D eigenvalue weighted by Crippen LogP contribution is 2.45. The summed E-state index contributed by atoms with van der Waals surface area (Å²) in [5.74, 6) is 2.78. The van der Waals surface area contributed by atoms with Crippen LogP contribution >= 0.6 is 15.9 Å². The number of hydrogen-bond donors (Lipinski definition) is 1. The van der Waals surface area contributed by atoms with Crippen LogP contribution in [-0.2, 0) is 6.42 Å². The van der Waals surface area contributed by atoms with E-state index in [-0.39, 0.29) is 5.56 Å². The van der Waals surface area contributed by atoms with Crippen molar-refractivity contribution in [2.45, 2.75) is 6.42 Å². The first-order valence-corrected chi connectivity index (χ1v) is 13.2. The minimum Gasteiger partial charge on any atom is -0.493 e. The first kappa shape index (κ1) is 29.6. The Bertz CT molecular complexity index is 1590. The average molecular weight is 627 g/mol. The number of nitrogens with zero attached hydrogens (tertiary/aromatic N) is 1. The van der Waals surface area contributed by atoms with Gasteiger partial charge in [-0.15, -0.1) is 0 Å². The van der Waals surface area contributed by atoms with E-state index in [2.05, 4.69) is 26.2 Å². The van der Waals surface area contributed by atoms with Gasteiger partial charge in [0.15, 0.2) is 34.5 Å². The number of nitrogens with one attached hydrogen (secondary N) is 1. The van der Waals surface area contributed by atoms with Gasteiger partial charge in [0.05, 0.1) is 65.5 Å². The van der Waals surface area contributed by atoms with Crippen molar-refractivity contribution in [1.29, 1.82) is 0 Å². The van der Waals surface area contributed by atoms with Gasteiger partial charge in [-0.3, -0.25) is 9.78 Å². The molecule has 0 aliphatic carbocycles. The molecule has 0 bridgehead atoms. The Morgan fingerprint density at radius 2 is 1.32 bits per heavy atom. The molecule has 0 atom stereocenters. The second kappa shape index (κ2) is 12.9. The lowest BCUT2D eigenvalue weighted by Crippen LogP contribution is -2.15. The van der Waals surface area contributed by atoms with E-state index >= 15 is 0 Å². The molecule has 11 heteroatoms. The third-order valence-electron chi connectivity index (χ3n) is 6.58. The number of rotatable bonds is 11. The van der Waals surface area contributed by atoms with E-state index in [9.17, 15) is 4.79 Å². The first-order chi connectivity index (χ1) is 19.8. The van der Waals surface area contributed by atoms with E-state index in [4.69, 9.17) is 33.2 Å². The van der Waals surface area contributed by atoms with Crippen LogP contribution in [0.5, 0.6) is 40.2 Å². The van der Waals surface area contributed by atoms with Crippen molar-refractivity contribution < 1.29 is 38.0 Å². The number of ether oxygens (including phenoxy) is 7. The number of benzene rings is 3. The van der Waals surface area contributed by atoms with Gasteiger partial charge >= 0.3 is 0 Å². The minimum atomic E-state index is -0.415. The molecule has 0 spiro atoms. The molecule has 4 aromatic rings. The highest BCUT2D eigenvalue weighted by molar-refractivity contribution is 9.10. The van der Waals surface area contributed by atoms with Crippen molar-refractivity contribution in [1.82, 2.24) is 4.98 Å². The van der Waals surface area contributed by atoms with Crippen molar-refractivity contribution in [2.75, 3.05) is 55.1 Å². The summed E-state index contributed by atoms with van der Waals surface area (Å²) in [6.07, 6.45) is 2.09. The molecule has 3 aromatic carbocycles. The molecule has 0 aliphatic rings. The van der Waals surface area contributed by atoms with Crippen LogP contribution in [-0.4, -0.2) is 60.7 Å². The van der Waals surface area contributed by atoms with Gasteiger partial charge in [-0.2, -0.15) is 0 Å². The number of amides is 1. The Hall–Kier alpha value is -4.38. The molecule has 0 radical (unpaired) electrons. The Morgan fingerprint density at radius 3 is 1.93 bits per heavy atom. The standard InChI is InChI=1S/C30H31BrN2O8/c1-35-22-11-16-8-9-32-21(18(16)13-24(22)37-3)10-17-12-23(36-2)25(38-4)15-20(17)33-30(34)19-14-26(39-5)28(40-6)29(41-7)27(19)31/h8-9,11-15H,10H2,1-7H3,(H,33,34). The number of methoxy groups -OCH3 is 7. The molecular formula is C30H31BrN2O8. The fourth-order valence-electron chi connectivity index (χ4n) is 4.54. The Kier molecular flexibility index (Phi) is 9.28. The summed E-state index contributed by atoms with van der Waals surface area (Å²) in [5, 5.41) is 4.82. The number of carbonyl (C=O) groups is 1. The van der Waals surface area contributed by atoms with Crippen LogP contribution in [0.25, 0.3) is 10.8 Å². The fourth-order valence-corrected chi connectivity index (χ4v) is 5.18. The van der Waals surface area contributed by atoms with Crippen LogP contribution < -0.4 is 38.5 Å². The predicted octanol–water partition coefficient (Wildman–Crippen LogP) is 5.90. The molecular weight excluding hydrogens is 596 g/mol. The molecule has 0 aliphatic heterocycles. The topological polar surface area (TPSA) is 107 Å². The van der Waals surface area contributed by atoms with Gasteiger partial charge < -0.3 is 38.5 Å². The zero-order chi connectivity index (χ0) is 29.7. The maximum absolute atomic E-state index is 13.7. The summed E-state index contributed by atoms with van der Waals surface area (Å²) in [4.78, 5) is 18.3. The molecule has 10 nitrogen and oxygen atoms in total. The second-order valence-electron chi connectivity index (χ2n) is 8.69. The SMILES string of the molecule is COc1cc(Cc2nccc3cc(OC)c(OC)cc23)c(NC(=O)c2cc(OC)c(OC)c(OC)c2Br)cc1OC. The summed E-state index contributed by atoms with van der Waals surface area (Å²) in [6.45, 7) is 0. The Morgan fingerprint density at radius 1 is 0.732 bits per heavy atom. The lowest BCUT2D eigenvalue weighted by molar-refractivity contribution is 0.102. The molecule has 1 N–H and O–H groups in total. The quantitative estimate of drug-likeness (QED) is 0.218.